The van der Waals surface area contributed by atoms with Gasteiger partial charge >= 0.3 is 0 Å². The summed E-state index contributed by atoms with van der Waals surface area (Å²) in [4.78, 5) is 26.5. The first-order chi connectivity index (χ1) is 10.6. The molecule has 0 unspecified atom stereocenters. The Kier molecular flexibility index (Phi) is 6.40. The molecule has 22 heavy (non-hydrogen) atoms. The molecule has 1 saturated heterocycles. The molecular formula is C12H19N5O3S2. The van der Waals surface area contributed by atoms with Crippen LogP contribution < -0.4 is 10.6 Å². The maximum Gasteiger partial charge on any atom is 0.248 e. The number of ether oxygens (including phenoxy) is 1. The lowest BCUT2D eigenvalue weighted by Crippen LogP contribution is -2.49. The molecule has 1 aromatic heterocycles. The summed E-state index contributed by atoms with van der Waals surface area (Å²) in [6.45, 7) is 5.28. The molecule has 122 valence electrons. The number of hydrogen-bond acceptors (Lipinski definition) is 8. The number of hydrogen-bond donors (Lipinski definition) is 1. The summed E-state index contributed by atoms with van der Waals surface area (Å²) in [7, 11) is 0. The van der Waals surface area contributed by atoms with Crippen LogP contribution in [0.2, 0.25) is 0 Å². The average Bonchev–Trinajstić information content (AvgIpc) is 2.99. The number of rotatable bonds is 7. The van der Waals surface area contributed by atoms with E-state index in [1.807, 2.05) is 6.92 Å². The summed E-state index contributed by atoms with van der Waals surface area (Å²) < 4.78 is 5.87. The zero-order valence-electron chi connectivity index (χ0n) is 12.4. The van der Waals surface area contributed by atoms with Crippen LogP contribution >= 0.6 is 23.1 Å². The maximum atomic E-state index is 11.9. The molecule has 2 heterocycles. The van der Waals surface area contributed by atoms with Gasteiger partial charge in [-0.1, -0.05) is 23.1 Å². The molecule has 0 aromatic carbocycles. The van der Waals surface area contributed by atoms with Crippen LogP contribution in [-0.4, -0.2) is 72.1 Å². The van der Waals surface area contributed by atoms with Gasteiger partial charge in [-0.25, -0.2) is 0 Å². The predicted molar refractivity (Wildman–Crippen MR) is 85.1 cm³/mol. The van der Waals surface area contributed by atoms with Crippen molar-refractivity contribution in [3.05, 3.63) is 0 Å². The van der Waals surface area contributed by atoms with Gasteiger partial charge in [-0.15, -0.1) is 10.2 Å². The van der Waals surface area contributed by atoms with E-state index in [0.29, 0.717) is 32.8 Å². The molecule has 1 aromatic rings. The molecule has 2 amide bonds. The molecule has 0 saturated carbocycles. The molecule has 1 aliphatic rings. The highest BCUT2D eigenvalue weighted by Crippen LogP contribution is 2.28. The van der Waals surface area contributed by atoms with Crippen LogP contribution in [-0.2, 0) is 14.3 Å². The Hall–Kier alpha value is -1.39. The van der Waals surface area contributed by atoms with E-state index in [1.165, 1.54) is 23.1 Å². The zero-order valence-corrected chi connectivity index (χ0v) is 14.0. The van der Waals surface area contributed by atoms with Crippen LogP contribution in [0.4, 0.5) is 5.13 Å². The number of carbonyl (C=O) groups is 2. The second-order valence-corrected chi connectivity index (χ2v) is 6.79. The van der Waals surface area contributed by atoms with Gasteiger partial charge in [-0.3, -0.25) is 9.59 Å². The summed E-state index contributed by atoms with van der Waals surface area (Å²) in [6, 6.07) is 0. The van der Waals surface area contributed by atoms with Crippen molar-refractivity contribution in [3.8, 4) is 0 Å². The lowest BCUT2D eigenvalue weighted by atomic mass is 10.3. The third-order valence-electron chi connectivity index (χ3n) is 3.07. The van der Waals surface area contributed by atoms with Gasteiger partial charge in [0.15, 0.2) is 4.34 Å². The number of primary amides is 1. The van der Waals surface area contributed by atoms with Gasteiger partial charge in [0.2, 0.25) is 16.9 Å². The van der Waals surface area contributed by atoms with E-state index in [0.717, 1.165) is 9.47 Å². The van der Waals surface area contributed by atoms with Crippen molar-refractivity contribution in [2.24, 2.45) is 5.73 Å². The van der Waals surface area contributed by atoms with Crippen LogP contribution in [0.15, 0.2) is 4.34 Å². The maximum absolute atomic E-state index is 11.9. The number of aromatic nitrogens is 2. The minimum absolute atomic E-state index is 0.0245. The monoisotopic (exact) mass is 345 g/mol. The molecular weight excluding hydrogens is 326 g/mol. The molecule has 1 fully saturated rings. The topological polar surface area (TPSA) is 102 Å². The van der Waals surface area contributed by atoms with Crippen LogP contribution in [0.25, 0.3) is 0 Å². The van der Waals surface area contributed by atoms with Gasteiger partial charge in [-0.2, -0.15) is 0 Å². The van der Waals surface area contributed by atoms with E-state index >= 15 is 0 Å². The Balaban J connectivity index is 1.81. The predicted octanol–water partition coefficient (Wildman–Crippen LogP) is -0.199. The van der Waals surface area contributed by atoms with Crippen molar-refractivity contribution in [1.82, 2.24) is 15.1 Å². The molecule has 2 N–H and O–H groups in total. The molecule has 10 heteroatoms. The Labute approximate surface area is 137 Å². The Morgan fingerprint density at radius 2 is 2.05 bits per heavy atom. The number of carbonyl (C=O) groups excluding carboxylic acids is 2. The van der Waals surface area contributed by atoms with E-state index in [2.05, 4.69) is 15.1 Å². The van der Waals surface area contributed by atoms with Gasteiger partial charge in [0.05, 0.1) is 5.75 Å². The number of thioether (sulfide) groups is 1. The minimum atomic E-state index is -0.372. The van der Waals surface area contributed by atoms with Gasteiger partial charge < -0.3 is 20.3 Å². The second-order valence-electron chi connectivity index (χ2n) is 4.61. The summed E-state index contributed by atoms with van der Waals surface area (Å²) in [5.41, 5.74) is 5.11. The first-order valence-corrected chi connectivity index (χ1v) is 8.75. The van der Waals surface area contributed by atoms with Gasteiger partial charge in [-0.05, 0) is 6.92 Å². The first-order valence-electron chi connectivity index (χ1n) is 6.95. The molecule has 0 radical (unpaired) electrons. The fourth-order valence-corrected chi connectivity index (χ4v) is 3.58. The molecule has 0 aliphatic carbocycles. The highest BCUT2D eigenvalue weighted by atomic mass is 32.2. The highest BCUT2D eigenvalue weighted by Gasteiger charge is 2.23. The Morgan fingerprint density at radius 1 is 1.32 bits per heavy atom. The normalized spacial score (nSPS) is 15.1. The van der Waals surface area contributed by atoms with Crippen molar-refractivity contribution < 1.29 is 14.3 Å². The average molecular weight is 345 g/mol. The van der Waals surface area contributed by atoms with Crippen molar-refractivity contribution in [1.29, 1.82) is 0 Å². The van der Waals surface area contributed by atoms with Gasteiger partial charge in [0.25, 0.3) is 0 Å². The lowest BCUT2D eigenvalue weighted by Gasteiger charge is -2.34. The Bertz CT molecular complexity index is 517. The van der Waals surface area contributed by atoms with Crippen LogP contribution in [0.1, 0.15) is 6.92 Å². The second kappa shape index (κ2) is 8.30. The summed E-state index contributed by atoms with van der Waals surface area (Å²) in [6.07, 6.45) is 0. The third kappa shape index (κ3) is 4.82. The van der Waals surface area contributed by atoms with Crippen molar-refractivity contribution >= 4 is 40.0 Å². The van der Waals surface area contributed by atoms with Gasteiger partial charge in [0.1, 0.15) is 6.61 Å². The van der Waals surface area contributed by atoms with E-state index in [-0.39, 0.29) is 24.2 Å². The number of nitrogens with zero attached hydrogens (tertiary/aromatic N) is 4. The highest BCUT2D eigenvalue weighted by molar-refractivity contribution is 8.01. The van der Waals surface area contributed by atoms with Crippen LogP contribution in [0.5, 0.6) is 0 Å². The van der Waals surface area contributed by atoms with E-state index < -0.39 is 0 Å². The summed E-state index contributed by atoms with van der Waals surface area (Å²) in [5, 5.41) is 8.98. The number of anilines is 1. The molecule has 2 rings (SSSR count). The fraction of sp³-hybridized carbons (Fsp3) is 0.667. The molecule has 0 spiro atoms. The van der Waals surface area contributed by atoms with Crippen molar-refractivity contribution in [3.63, 3.8) is 0 Å². The standard InChI is InChI=1S/C12H19N5O3S2/c1-2-20-7-10(19)16-3-5-17(6-4-16)11-14-15-12(22-11)21-8-9(13)18/h2-8H2,1H3,(H2,13,18). The summed E-state index contributed by atoms with van der Waals surface area (Å²) in [5.74, 6) is -0.145. The molecule has 0 bridgehead atoms. The quantitative estimate of drug-likeness (QED) is 0.683. The fourth-order valence-electron chi connectivity index (χ4n) is 1.95. The summed E-state index contributed by atoms with van der Waals surface area (Å²) >= 11 is 2.73. The number of piperazine rings is 1. The van der Waals surface area contributed by atoms with Crippen molar-refractivity contribution in [2.75, 3.05) is 50.0 Å². The third-order valence-corrected chi connectivity index (χ3v) is 5.21. The van der Waals surface area contributed by atoms with E-state index in [1.54, 1.807) is 4.90 Å². The smallest absolute Gasteiger partial charge is 0.248 e. The van der Waals surface area contributed by atoms with Crippen LogP contribution in [0, 0.1) is 0 Å². The van der Waals surface area contributed by atoms with Crippen LogP contribution in [0.3, 0.4) is 0 Å². The Morgan fingerprint density at radius 3 is 2.68 bits per heavy atom. The van der Waals surface area contributed by atoms with Crippen molar-refractivity contribution in [2.45, 2.75) is 11.3 Å². The van der Waals surface area contributed by atoms with Gasteiger partial charge in [0, 0.05) is 32.8 Å². The molecule has 0 atom stereocenters. The number of amides is 2. The van der Waals surface area contributed by atoms with E-state index in [4.69, 9.17) is 10.5 Å². The minimum Gasteiger partial charge on any atom is -0.372 e. The SMILES string of the molecule is CCOCC(=O)N1CCN(c2nnc(SCC(N)=O)s2)CC1. The largest absolute Gasteiger partial charge is 0.372 e. The number of nitrogens with two attached hydrogens (primary N) is 1. The zero-order chi connectivity index (χ0) is 15.9. The molecule has 8 nitrogen and oxygen atoms in total. The lowest BCUT2D eigenvalue weighted by molar-refractivity contribution is -0.136. The van der Waals surface area contributed by atoms with E-state index in [9.17, 15) is 9.59 Å². The first kappa shape index (κ1) is 17.0. The molecule has 1 aliphatic heterocycles.